The maximum absolute atomic E-state index is 9.40. The fourth-order valence-electron chi connectivity index (χ4n) is 1.01. The Morgan fingerprint density at radius 2 is 1.92 bits per heavy atom. The van der Waals surface area contributed by atoms with E-state index >= 15 is 0 Å². The van der Waals surface area contributed by atoms with Gasteiger partial charge in [-0.1, -0.05) is 6.07 Å². The van der Waals surface area contributed by atoms with E-state index in [4.69, 9.17) is 0 Å². The minimum absolute atomic E-state index is 0.0477. The zero-order chi connectivity index (χ0) is 9.14. The molecule has 0 aliphatic heterocycles. The number of hydrogen-bond acceptors (Lipinski definition) is 3. The number of benzene rings is 1. The van der Waals surface area contributed by atoms with Gasteiger partial charge in [0.15, 0.2) is 11.5 Å². The molecular weight excluding hydrogens is 154 g/mol. The normalized spacial score (nSPS) is 9.83. The minimum atomic E-state index is -0.0724. The van der Waals surface area contributed by atoms with Gasteiger partial charge in [0.05, 0.1) is 5.69 Å². The lowest BCUT2D eigenvalue weighted by molar-refractivity contribution is 0.402. The molecule has 0 saturated heterocycles. The van der Waals surface area contributed by atoms with Crippen LogP contribution in [0.4, 0.5) is 5.69 Å². The predicted octanol–water partition coefficient (Wildman–Crippen LogP) is 1.84. The number of hydrogen-bond donors (Lipinski definition) is 3. The maximum atomic E-state index is 9.40. The van der Waals surface area contributed by atoms with Gasteiger partial charge in [-0.05, 0) is 25.5 Å². The molecule has 0 bridgehead atoms. The molecule has 0 aromatic heterocycles. The highest BCUT2D eigenvalue weighted by molar-refractivity contribution is 5.64. The summed E-state index contributed by atoms with van der Waals surface area (Å²) < 4.78 is 0. The van der Waals surface area contributed by atoms with Crippen molar-refractivity contribution in [3.05, 3.63) is 17.7 Å². The zero-order valence-corrected chi connectivity index (χ0v) is 7.26. The topological polar surface area (TPSA) is 52.5 Å². The van der Waals surface area contributed by atoms with Crippen molar-refractivity contribution < 1.29 is 10.2 Å². The predicted molar refractivity (Wildman–Crippen MR) is 48.7 cm³/mol. The van der Waals surface area contributed by atoms with Gasteiger partial charge in [-0.25, -0.2) is 0 Å². The van der Waals surface area contributed by atoms with E-state index in [9.17, 15) is 10.2 Å². The van der Waals surface area contributed by atoms with Crippen LogP contribution in [0.5, 0.6) is 11.5 Å². The molecular formula is C9H13NO2. The molecule has 0 unspecified atom stereocenters. The van der Waals surface area contributed by atoms with Gasteiger partial charge >= 0.3 is 0 Å². The Kier molecular flexibility index (Phi) is 2.43. The summed E-state index contributed by atoms with van der Waals surface area (Å²) in [6.45, 7) is 4.39. The molecule has 0 saturated carbocycles. The first-order valence-corrected chi connectivity index (χ1v) is 3.92. The molecule has 3 heteroatoms. The van der Waals surface area contributed by atoms with Gasteiger partial charge in [0, 0.05) is 6.54 Å². The van der Waals surface area contributed by atoms with Crippen LogP contribution >= 0.6 is 0 Å². The van der Waals surface area contributed by atoms with Crippen molar-refractivity contribution >= 4 is 5.69 Å². The molecule has 1 rings (SSSR count). The highest BCUT2D eigenvalue weighted by Gasteiger charge is 2.07. The summed E-state index contributed by atoms with van der Waals surface area (Å²) >= 11 is 0. The Morgan fingerprint density at radius 1 is 1.25 bits per heavy atom. The highest BCUT2D eigenvalue weighted by Crippen LogP contribution is 2.35. The van der Waals surface area contributed by atoms with E-state index in [1.54, 1.807) is 19.1 Å². The lowest BCUT2D eigenvalue weighted by atomic mass is 10.2. The fourth-order valence-corrected chi connectivity index (χ4v) is 1.01. The maximum Gasteiger partial charge on any atom is 0.181 e. The molecule has 0 aliphatic carbocycles. The molecule has 0 aliphatic rings. The molecule has 0 fully saturated rings. The number of rotatable bonds is 2. The van der Waals surface area contributed by atoms with Gasteiger partial charge in [0.25, 0.3) is 0 Å². The number of nitrogens with one attached hydrogen (secondary N) is 1. The number of aryl methyl sites for hydroxylation is 1. The number of anilines is 1. The quantitative estimate of drug-likeness (QED) is 0.589. The highest BCUT2D eigenvalue weighted by atomic mass is 16.3. The smallest absolute Gasteiger partial charge is 0.181 e. The van der Waals surface area contributed by atoms with E-state index < -0.39 is 0 Å². The lowest BCUT2D eigenvalue weighted by Crippen LogP contribution is -1.96. The first-order valence-electron chi connectivity index (χ1n) is 3.92. The van der Waals surface area contributed by atoms with E-state index in [0.717, 1.165) is 6.54 Å². The second-order valence-corrected chi connectivity index (χ2v) is 2.66. The van der Waals surface area contributed by atoms with Crippen LogP contribution in [0.25, 0.3) is 0 Å². The Hall–Kier alpha value is -1.38. The van der Waals surface area contributed by atoms with Crippen molar-refractivity contribution in [2.45, 2.75) is 13.8 Å². The molecule has 1 aromatic carbocycles. The van der Waals surface area contributed by atoms with Gasteiger partial charge in [-0.2, -0.15) is 0 Å². The summed E-state index contributed by atoms with van der Waals surface area (Å²) in [5.41, 5.74) is 1.25. The number of phenols is 2. The van der Waals surface area contributed by atoms with Crippen molar-refractivity contribution in [3.63, 3.8) is 0 Å². The van der Waals surface area contributed by atoms with Gasteiger partial charge in [0.1, 0.15) is 0 Å². The first-order chi connectivity index (χ1) is 5.66. The summed E-state index contributed by atoms with van der Waals surface area (Å²) in [6.07, 6.45) is 0. The Labute approximate surface area is 71.7 Å². The minimum Gasteiger partial charge on any atom is -0.504 e. The van der Waals surface area contributed by atoms with Crippen molar-refractivity contribution in [3.8, 4) is 11.5 Å². The summed E-state index contributed by atoms with van der Waals surface area (Å²) in [5.74, 6) is -0.120. The van der Waals surface area contributed by atoms with Crippen LogP contribution < -0.4 is 5.32 Å². The molecule has 3 N–H and O–H groups in total. The standard InChI is InChI=1S/C9H13NO2/c1-3-10-7-5-4-6(2)8(11)9(7)12/h4-5,10-12H,3H2,1-2H3. The summed E-state index contributed by atoms with van der Waals surface area (Å²) in [7, 11) is 0. The largest absolute Gasteiger partial charge is 0.504 e. The van der Waals surface area contributed by atoms with Crippen molar-refractivity contribution in [1.29, 1.82) is 0 Å². The molecule has 0 amide bonds. The van der Waals surface area contributed by atoms with Crippen LogP contribution in [0, 0.1) is 6.92 Å². The Balaban J connectivity index is 3.08. The van der Waals surface area contributed by atoms with Crippen LogP contribution in [-0.4, -0.2) is 16.8 Å². The molecule has 0 spiro atoms. The van der Waals surface area contributed by atoms with Crippen LogP contribution in [-0.2, 0) is 0 Å². The molecule has 66 valence electrons. The van der Waals surface area contributed by atoms with Gasteiger partial charge < -0.3 is 15.5 Å². The first kappa shape index (κ1) is 8.71. The molecule has 3 nitrogen and oxygen atoms in total. The Morgan fingerprint density at radius 3 is 2.50 bits per heavy atom. The lowest BCUT2D eigenvalue weighted by Gasteiger charge is -2.08. The van der Waals surface area contributed by atoms with Gasteiger partial charge in [-0.3, -0.25) is 0 Å². The summed E-state index contributed by atoms with van der Waals surface area (Å²) in [4.78, 5) is 0. The van der Waals surface area contributed by atoms with Gasteiger partial charge in [0.2, 0.25) is 0 Å². The fraction of sp³-hybridized carbons (Fsp3) is 0.333. The molecule has 1 aromatic rings. The third-order valence-corrected chi connectivity index (χ3v) is 1.72. The number of aromatic hydroxyl groups is 2. The van der Waals surface area contributed by atoms with E-state index in [1.165, 1.54) is 0 Å². The van der Waals surface area contributed by atoms with Crippen molar-refractivity contribution in [1.82, 2.24) is 0 Å². The third-order valence-electron chi connectivity index (χ3n) is 1.72. The zero-order valence-electron chi connectivity index (χ0n) is 7.26. The molecule has 12 heavy (non-hydrogen) atoms. The van der Waals surface area contributed by atoms with Crippen molar-refractivity contribution in [2.24, 2.45) is 0 Å². The van der Waals surface area contributed by atoms with E-state index in [-0.39, 0.29) is 11.5 Å². The average Bonchev–Trinajstić information content (AvgIpc) is 2.07. The van der Waals surface area contributed by atoms with Crippen molar-refractivity contribution in [2.75, 3.05) is 11.9 Å². The summed E-state index contributed by atoms with van der Waals surface area (Å²) in [5, 5.41) is 21.7. The van der Waals surface area contributed by atoms with Crippen LogP contribution in [0.2, 0.25) is 0 Å². The van der Waals surface area contributed by atoms with E-state index in [0.29, 0.717) is 11.3 Å². The average molecular weight is 167 g/mol. The Bertz CT molecular complexity index is 284. The van der Waals surface area contributed by atoms with Crippen LogP contribution in [0.3, 0.4) is 0 Å². The van der Waals surface area contributed by atoms with Gasteiger partial charge in [-0.15, -0.1) is 0 Å². The molecule has 0 heterocycles. The van der Waals surface area contributed by atoms with E-state index in [1.807, 2.05) is 6.92 Å². The monoisotopic (exact) mass is 167 g/mol. The SMILES string of the molecule is CCNc1ccc(C)c(O)c1O. The van der Waals surface area contributed by atoms with E-state index in [2.05, 4.69) is 5.32 Å². The van der Waals surface area contributed by atoms with Crippen LogP contribution in [0.1, 0.15) is 12.5 Å². The second kappa shape index (κ2) is 3.34. The number of phenolic OH excluding ortho intramolecular Hbond substituents is 2. The molecule has 0 atom stereocenters. The second-order valence-electron chi connectivity index (χ2n) is 2.66. The molecule has 0 radical (unpaired) electrons. The summed E-state index contributed by atoms with van der Waals surface area (Å²) in [6, 6.07) is 3.50. The van der Waals surface area contributed by atoms with Crippen LogP contribution in [0.15, 0.2) is 12.1 Å². The third kappa shape index (κ3) is 1.44.